The Morgan fingerprint density at radius 2 is 2.16 bits per heavy atom. The number of likely N-dealkylation sites (tertiary alicyclic amines) is 1. The van der Waals surface area contributed by atoms with E-state index in [2.05, 4.69) is 15.9 Å². The maximum absolute atomic E-state index is 13.4. The molecule has 1 aliphatic heterocycles. The van der Waals surface area contributed by atoms with Crippen molar-refractivity contribution < 1.29 is 13.5 Å². The van der Waals surface area contributed by atoms with E-state index in [9.17, 15) is 8.78 Å². The van der Waals surface area contributed by atoms with Crippen molar-refractivity contribution in [2.24, 2.45) is 0 Å². The van der Waals surface area contributed by atoms with Gasteiger partial charge in [0.2, 0.25) is 0 Å². The zero-order chi connectivity index (χ0) is 14.0. The summed E-state index contributed by atoms with van der Waals surface area (Å²) >= 11 is 3.44. The fourth-order valence-corrected chi connectivity index (χ4v) is 3.25. The van der Waals surface area contributed by atoms with Crippen molar-refractivity contribution in [3.05, 3.63) is 27.7 Å². The van der Waals surface area contributed by atoms with Crippen LogP contribution in [0.4, 0.5) is 8.78 Å². The van der Waals surface area contributed by atoms with Gasteiger partial charge in [-0.15, -0.1) is 0 Å². The summed E-state index contributed by atoms with van der Waals surface area (Å²) < 4.78 is 33.2. The van der Waals surface area contributed by atoms with Gasteiger partial charge >= 0.3 is 0 Å². The lowest BCUT2D eigenvalue weighted by atomic mass is 10.0. The third-order valence-corrected chi connectivity index (χ3v) is 3.84. The molecule has 0 radical (unpaired) electrons. The van der Waals surface area contributed by atoms with E-state index in [0.29, 0.717) is 19.5 Å². The Bertz CT molecular complexity index is 465. The molecule has 0 aliphatic carbocycles. The van der Waals surface area contributed by atoms with Gasteiger partial charge in [-0.2, -0.15) is 0 Å². The van der Waals surface area contributed by atoms with E-state index in [1.54, 1.807) is 12.0 Å². The molecule has 1 saturated heterocycles. The Morgan fingerprint density at radius 1 is 1.42 bits per heavy atom. The predicted octanol–water partition coefficient (Wildman–Crippen LogP) is 4.00. The van der Waals surface area contributed by atoms with Crippen LogP contribution >= 0.6 is 15.9 Å². The largest absolute Gasteiger partial charge is 0.496 e. The average molecular weight is 334 g/mol. The van der Waals surface area contributed by atoms with Crippen LogP contribution in [0.2, 0.25) is 0 Å². The van der Waals surface area contributed by atoms with E-state index in [0.717, 1.165) is 21.3 Å². The standard InChI is InChI=1S/C14H18BrF2NO/c1-10-6-12(15)7-11(13(10)19-2)8-18-5-3-4-14(16,17)9-18/h6-7H,3-5,8-9H2,1-2H3. The van der Waals surface area contributed by atoms with Gasteiger partial charge < -0.3 is 4.74 Å². The number of methoxy groups -OCH3 is 1. The molecule has 0 atom stereocenters. The number of benzene rings is 1. The molecule has 2 nitrogen and oxygen atoms in total. The summed E-state index contributed by atoms with van der Waals surface area (Å²) in [6, 6.07) is 3.91. The Hall–Kier alpha value is -0.680. The van der Waals surface area contributed by atoms with Gasteiger partial charge in [0.25, 0.3) is 5.92 Å². The maximum atomic E-state index is 13.4. The van der Waals surface area contributed by atoms with Crippen LogP contribution in [0, 0.1) is 6.92 Å². The second-order valence-corrected chi connectivity index (χ2v) is 6.00. The van der Waals surface area contributed by atoms with Crippen LogP contribution in [0.15, 0.2) is 16.6 Å². The predicted molar refractivity (Wildman–Crippen MR) is 74.9 cm³/mol. The first kappa shape index (κ1) is 14.7. The van der Waals surface area contributed by atoms with E-state index in [1.165, 1.54) is 0 Å². The molecule has 106 valence electrons. The minimum atomic E-state index is -2.56. The highest BCUT2D eigenvalue weighted by molar-refractivity contribution is 9.10. The summed E-state index contributed by atoms with van der Waals surface area (Å²) in [4.78, 5) is 1.80. The number of hydrogen-bond acceptors (Lipinski definition) is 2. The molecule has 1 fully saturated rings. The van der Waals surface area contributed by atoms with Crippen LogP contribution in [0.1, 0.15) is 24.0 Å². The van der Waals surface area contributed by atoms with Gasteiger partial charge in [-0.1, -0.05) is 15.9 Å². The highest BCUT2D eigenvalue weighted by Gasteiger charge is 2.35. The third kappa shape index (κ3) is 3.66. The van der Waals surface area contributed by atoms with E-state index >= 15 is 0 Å². The number of nitrogens with zero attached hydrogens (tertiary/aromatic N) is 1. The minimum Gasteiger partial charge on any atom is -0.496 e. The van der Waals surface area contributed by atoms with Crippen LogP contribution in [-0.4, -0.2) is 31.0 Å². The first-order valence-electron chi connectivity index (χ1n) is 6.34. The van der Waals surface area contributed by atoms with Gasteiger partial charge in [0, 0.05) is 23.0 Å². The number of alkyl halides is 2. The molecule has 0 amide bonds. The zero-order valence-corrected chi connectivity index (χ0v) is 12.8. The monoisotopic (exact) mass is 333 g/mol. The molecule has 5 heteroatoms. The molecule has 1 aromatic rings. The van der Waals surface area contributed by atoms with Gasteiger partial charge in [-0.05, 0) is 37.6 Å². The van der Waals surface area contributed by atoms with Crippen LogP contribution in [0.5, 0.6) is 5.75 Å². The van der Waals surface area contributed by atoms with E-state index < -0.39 is 5.92 Å². The summed E-state index contributed by atoms with van der Waals surface area (Å²) in [5.74, 6) is -1.77. The Kier molecular flexibility index (Phi) is 4.46. The molecule has 0 spiro atoms. The van der Waals surface area contributed by atoms with Gasteiger partial charge in [0.1, 0.15) is 5.75 Å². The second-order valence-electron chi connectivity index (χ2n) is 5.09. The topological polar surface area (TPSA) is 12.5 Å². The zero-order valence-electron chi connectivity index (χ0n) is 11.2. The molecule has 1 heterocycles. The van der Waals surface area contributed by atoms with Crippen LogP contribution in [-0.2, 0) is 6.54 Å². The summed E-state index contributed by atoms with van der Waals surface area (Å²) in [6.45, 7) is 3.00. The molecule has 1 aliphatic rings. The normalized spacial score (nSPS) is 19.4. The molecule has 0 N–H and O–H groups in total. The lowest BCUT2D eigenvalue weighted by Crippen LogP contribution is -2.42. The van der Waals surface area contributed by atoms with Crippen molar-refractivity contribution in [1.82, 2.24) is 4.90 Å². The molecule has 0 aromatic heterocycles. The molecule has 19 heavy (non-hydrogen) atoms. The quantitative estimate of drug-likeness (QED) is 0.829. The maximum Gasteiger partial charge on any atom is 0.260 e. The Balaban J connectivity index is 2.18. The minimum absolute atomic E-state index is 0.00184. The molecular weight excluding hydrogens is 316 g/mol. The van der Waals surface area contributed by atoms with Gasteiger partial charge in [0.05, 0.1) is 13.7 Å². The van der Waals surface area contributed by atoms with Crippen molar-refractivity contribution in [3.63, 3.8) is 0 Å². The van der Waals surface area contributed by atoms with Crippen LogP contribution in [0.25, 0.3) is 0 Å². The van der Waals surface area contributed by atoms with Crippen LogP contribution < -0.4 is 4.74 Å². The Labute approximate surface area is 120 Å². The lowest BCUT2D eigenvalue weighted by Gasteiger charge is -2.32. The SMILES string of the molecule is COc1c(C)cc(Br)cc1CN1CCCC(F)(F)C1. The number of aryl methyl sites for hydroxylation is 1. The number of halogens is 3. The molecule has 0 saturated carbocycles. The number of rotatable bonds is 3. The summed E-state index contributed by atoms with van der Waals surface area (Å²) in [6.07, 6.45) is 0.542. The first-order chi connectivity index (χ1) is 8.91. The van der Waals surface area contributed by atoms with Crippen molar-refractivity contribution in [3.8, 4) is 5.75 Å². The summed E-state index contributed by atoms with van der Waals surface area (Å²) in [5.41, 5.74) is 1.96. The fourth-order valence-electron chi connectivity index (χ4n) is 2.63. The van der Waals surface area contributed by atoms with Crippen LogP contribution in [0.3, 0.4) is 0 Å². The van der Waals surface area contributed by atoms with Crippen molar-refractivity contribution >= 4 is 15.9 Å². The molecule has 0 unspecified atom stereocenters. The molecule has 2 rings (SSSR count). The second kappa shape index (κ2) is 5.75. The lowest BCUT2D eigenvalue weighted by molar-refractivity contribution is -0.0662. The number of hydrogen-bond donors (Lipinski definition) is 0. The highest BCUT2D eigenvalue weighted by atomic mass is 79.9. The van der Waals surface area contributed by atoms with Crippen molar-refractivity contribution in [2.75, 3.05) is 20.2 Å². The van der Waals surface area contributed by atoms with Gasteiger partial charge in [0.15, 0.2) is 0 Å². The Morgan fingerprint density at radius 3 is 2.79 bits per heavy atom. The number of piperidine rings is 1. The van der Waals surface area contributed by atoms with E-state index in [1.807, 2.05) is 19.1 Å². The fraction of sp³-hybridized carbons (Fsp3) is 0.571. The summed E-state index contributed by atoms with van der Waals surface area (Å²) in [7, 11) is 1.62. The average Bonchev–Trinajstić information content (AvgIpc) is 2.26. The number of ether oxygens (including phenoxy) is 1. The smallest absolute Gasteiger partial charge is 0.260 e. The van der Waals surface area contributed by atoms with Gasteiger partial charge in [-0.25, -0.2) is 8.78 Å². The van der Waals surface area contributed by atoms with Crippen molar-refractivity contribution in [1.29, 1.82) is 0 Å². The van der Waals surface area contributed by atoms with E-state index in [-0.39, 0.29) is 13.0 Å². The van der Waals surface area contributed by atoms with Gasteiger partial charge in [-0.3, -0.25) is 4.90 Å². The third-order valence-electron chi connectivity index (χ3n) is 3.39. The molecule has 0 bridgehead atoms. The van der Waals surface area contributed by atoms with E-state index in [4.69, 9.17) is 4.74 Å². The van der Waals surface area contributed by atoms with Crippen molar-refractivity contribution in [2.45, 2.75) is 32.2 Å². The molecule has 1 aromatic carbocycles. The summed E-state index contributed by atoms with van der Waals surface area (Å²) in [5, 5.41) is 0. The highest BCUT2D eigenvalue weighted by Crippen LogP contribution is 2.32. The first-order valence-corrected chi connectivity index (χ1v) is 7.14. The molecular formula is C14H18BrF2NO.